The summed E-state index contributed by atoms with van der Waals surface area (Å²) < 4.78 is 30.3. The summed E-state index contributed by atoms with van der Waals surface area (Å²) in [7, 11) is 0. The van der Waals surface area contributed by atoms with E-state index in [9.17, 15) is 13.6 Å². The molecule has 1 rings (SSSR count). The number of alkyl halides is 2. The molecule has 0 spiro atoms. The van der Waals surface area contributed by atoms with Gasteiger partial charge in [0.25, 0.3) is 6.43 Å². The molecular weight excluding hydrogens is 254 g/mol. The van der Waals surface area contributed by atoms with Gasteiger partial charge in [-0.05, 0) is 6.92 Å². The number of rotatable bonds is 4. The Morgan fingerprint density at radius 1 is 1.65 bits per heavy atom. The highest BCUT2D eigenvalue weighted by atomic mass is 35.5. The van der Waals surface area contributed by atoms with Gasteiger partial charge < -0.3 is 10.5 Å². The Morgan fingerprint density at radius 2 is 2.29 bits per heavy atom. The minimum Gasteiger partial charge on any atom is -0.461 e. The number of hydrogen-bond acceptors (Lipinski definition) is 4. The summed E-state index contributed by atoms with van der Waals surface area (Å²) in [5.74, 6) is -0.923. The van der Waals surface area contributed by atoms with E-state index in [0.29, 0.717) is 0 Å². The number of esters is 1. The largest absolute Gasteiger partial charge is 0.461 e. The van der Waals surface area contributed by atoms with Gasteiger partial charge in [-0.15, -0.1) is 0 Å². The maximum Gasteiger partial charge on any atom is 0.357 e. The molecule has 1 aromatic heterocycles. The molecule has 0 unspecified atom stereocenters. The quantitative estimate of drug-likeness (QED) is 0.848. The van der Waals surface area contributed by atoms with Gasteiger partial charge in [-0.1, -0.05) is 11.6 Å². The Kier molecular flexibility index (Phi) is 4.77. The number of carbonyl (C=O) groups excluding carboxylic acids is 1. The van der Waals surface area contributed by atoms with Crippen LogP contribution in [0.25, 0.3) is 0 Å². The van der Waals surface area contributed by atoms with Crippen molar-refractivity contribution in [1.29, 1.82) is 0 Å². The SMILES string of the molecule is CCOC(=O)c1ncc(CN)c(Cl)c1C(F)F. The Bertz CT molecular complexity index is 427. The van der Waals surface area contributed by atoms with Crippen LogP contribution in [-0.2, 0) is 11.3 Å². The maximum absolute atomic E-state index is 12.8. The van der Waals surface area contributed by atoms with E-state index >= 15 is 0 Å². The normalized spacial score (nSPS) is 10.7. The minimum atomic E-state index is -2.92. The van der Waals surface area contributed by atoms with E-state index in [2.05, 4.69) is 9.72 Å². The molecule has 0 aliphatic carbocycles. The number of halogens is 3. The molecule has 0 atom stereocenters. The molecular formula is C10H11ClF2N2O2. The van der Waals surface area contributed by atoms with Crippen LogP contribution >= 0.6 is 11.6 Å². The number of carbonyl (C=O) groups is 1. The van der Waals surface area contributed by atoms with E-state index in [1.54, 1.807) is 6.92 Å². The second-order valence-corrected chi connectivity index (χ2v) is 3.46. The molecule has 0 aliphatic heterocycles. The zero-order valence-corrected chi connectivity index (χ0v) is 9.80. The van der Waals surface area contributed by atoms with Gasteiger partial charge >= 0.3 is 5.97 Å². The van der Waals surface area contributed by atoms with Crippen molar-refractivity contribution in [3.63, 3.8) is 0 Å². The van der Waals surface area contributed by atoms with Crippen LogP contribution in [0.3, 0.4) is 0 Å². The maximum atomic E-state index is 12.8. The summed E-state index contributed by atoms with van der Waals surface area (Å²) in [4.78, 5) is 15.0. The van der Waals surface area contributed by atoms with Gasteiger partial charge in [0.1, 0.15) is 0 Å². The molecule has 17 heavy (non-hydrogen) atoms. The van der Waals surface area contributed by atoms with E-state index in [0.717, 1.165) is 0 Å². The van der Waals surface area contributed by atoms with E-state index in [1.807, 2.05) is 0 Å². The van der Waals surface area contributed by atoms with Crippen molar-refractivity contribution in [3.8, 4) is 0 Å². The third-order valence-corrected chi connectivity index (χ3v) is 2.48. The van der Waals surface area contributed by atoms with Gasteiger partial charge in [0, 0.05) is 18.3 Å². The monoisotopic (exact) mass is 264 g/mol. The highest BCUT2D eigenvalue weighted by Crippen LogP contribution is 2.32. The lowest BCUT2D eigenvalue weighted by Gasteiger charge is -2.11. The van der Waals surface area contributed by atoms with Gasteiger partial charge in [0.05, 0.1) is 17.2 Å². The number of pyridine rings is 1. The molecule has 7 heteroatoms. The van der Waals surface area contributed by atoms with Crippen LogP contribution in [0.5, 0.6) is 0 Å². The third kappa shape index (κ3) is 2.89. The molecule has 4 nitrogen and oxygen atoms in total. The van der Waals surface area contributed by atoms with E-state index in [4.69, 9.17) is 17.3 Å². The lowest BCUT2D eigenvalue weighted by atomic mass is 10.1. The second kappa shape index (κ2) is 5.88. The standard InChI is InChI=1S/C10H11ClF2N2O2/c1-2-17-10(16)8-6(9(12)13)7(11)5(3-14)4-15-8/h4,9H,2-3,14H2,1H3. The number of ether oxygens (including phenoxy) is 1. The molecule has 1 heterocycles. The lowest BCUT2D eigenvalue weighted by molar-refractivity contribution is 0.0507. The average Bonchev–Trinajstić information content (AvgIpc) is 2.28. The van der Waals surface area contributed by atoms with E-state index in [-0.39, 0.29) is 23.7 Å². The summed E-state index contributed by atoms with van der Waals surface area (Å²) in [6, 6.07) is 0. The van der Waals surface area contributed by atoms with Crippen LogP contribution in [0, 0.1) is 0 Å². The van der Waals surface area contributed by atoms with Crippen molar-refractivity contribution in [2.24, 2.45) is 5.73 Å². The number of nitrogens with two attached hydrogens (primary N) is 1. The van der Waals surface area contributed by atoms with Crippen molar-refractivity contribution < 1.29 is 18.3 Å². The highest BCUT2D eigenvalue weighted by Gasteiger charge is 2.25. The molecule has 0 radical (unpaired) electrons. The molecule has 0 amide bonds. The van der Waals surface area contributed by atoms with Crippen molar-refractivity contribution in [2.45, 2.75) is 19.9 Å². The summed E-state index contributed by atoms with van der Waals surface area (Å²) in [6.45, 7) is 1.60. The van der Waals surface area contributed by atoms with Crippen molar-refractivity contribution in [2.75, 3.05) is 6.61 Å². The van der Waals surface area contributed by atoms with Gasteiger partial charge in [-0.3, -0.25) is 0 Å². The molecule has 1 aromatic rings. The van der Waals surface area contributed by atoms with Crippen LogP contribution in [0.4, 0.5) is 8.78 Å². The Morgan fingerprint density at radius 3 is 2.76 bits per heavy atom. The summed E-state index contributed by atoms with van der Waals surface area (Å²) in [6.07, 6.45) is -1.72. The number of hydrogen-bond donors (Lipinski definition) is 1. The first-order valence-corrected chi connectivity index (χ1v) is 5.23. The zero-order chi connectivity index (χ0) is 13.0. The predicted octanol–water partition coefficient (Wildman–Crippen LogP) is 2.31. The van der Waals surface area contributed by atoms with Crippen LogP contribution in [0.1, 0.15) is 35.0 Å². The van der Waals surface area contributed by atoms with Crippen LogP contribution in [-0.4, -0.2) is 17.6 Å². The summed E-state index contributed by atoms with van der Waals surface area (Å²) in [5.41, 5.74) is 4.48. The van der Waals surface area contributed by atoms with Gasteiger partial charge in [0.15, 0.2) is 5.69 Å². The van der Waals surface area contributed by atoms with Crippen molar-refractivity contribution >= 4 is 17.6 Å². The Balaban J connectivity index is 3.31. The van der Waals surface area contributed by atoms with Crippen LogP contribution in [0.15, 0.2) is 6.20 Å². The number of nitrogens with zero attached hydrogens (tertiary/aromatic N) is 1. The first kappa shape index (κ1) is 13.8. The molecule has 0 saturated heterocycles. The Labute approximate surface area is 102 Å². The van der Waals surface area contributed by atoms with Crippen molar-refractivity contribution in [3.05, 3.63) is 28.0 Å². The van der Waals surface area contributed by atoms with Gasteiger partial charge in [0.2, 0.25) is 0 Å². The van der Waals surface area contributed by atoms with E-state index < -0.39 is 23.7 Å². The fourth-order valence-corrected chi connectivity index (χ4v) is 1.55. The lowest BCUT2D eigenvalue weighted by Crippen LogP contribution is -2.13. The van der Waals surface area contributed by atoms with Crippen LogP contribution in [0.2, 0.25) is 5.02 Å². The smallest absolute Gasteiger partial charge is 0.357 e. The minimum absolute atomic E-state index is 0.0331. The second-order valence-electron chi connectivity index (χ2n) is 3.08. The Hall–Kier alpha value is -1.27. The molecule has 0 saturated carbocycles. The number of aromatic nitrogens is 1. The highest BCUT2D eigenvalue weighted by molar-refractivity contribution is 6.32. The first-order chi connectivity index (χ1) is 8.02. The third-order valence-electron chi connectivity index (χ3n) is 2.03. The molecule has 0 aliphatic rings. The molecule has 0 aromatic carbocycles. The predicted molar refractivity (Wildman–Crippen MR) is 58.1 cm³/mol. The zero-order valence-electron chi connectivity index (χ0n) is 9.04. The summed E-state index contributed by atoms with van der Waals surface area (Å²) >= 11 is 5.75. The topological polar surface area (TPSA) is 65.2 Å². The van der Waals surface area contributed by atoms with Crippen molar-refractivity contribution in [1.82, 2.24) is 4.98 Å². The molecule has 0 fully saturated rings. The fraction of sp³-hybridized carbons (Fsp3) is 0.400. The summed E-state index contributed by atoms with van der Waals surface area (Å²) in [5, 5.41) is -0.236. The molecule has 2 N–H and O–H groups in total. The van der Waals surface area contributed by atoms with Crippen LogP contribution < -0.4 is 5.73 Å². The van der Waals surface area contributed by atoms with Gasteiger partial charge in [-0.25, -0.2) is 18.6 Å². The van der Waals surface area contributed by atoms with E-state index in [1.165, 1.54) is 6.20 Å². The van der Waals surface area contributed by atoms with Gasteiger partial charge in [-0.2, -0.15) is 0 Å². The molecule has 0 bridgehead atoms. The fourth-order valence-electron chi connectivity index (χ4n) is 1.25. The molecule has 94 valence electrons. The first-order valence-electron chi connectivity index (χ1n) is 4.85. The average molecular weight is 265 g/mol.